The number of pyridine rings is 1. The maximum absolute atomic E-state index is 13.9. The van der Waals surface area contributed by atoms with Crippen LogP contribution in [0.15, 0.2) is 72.9 Å². The number of likely N-dealkylation sites (tertiary alicyclic amines) is 1. The van der Waals surface area contributed by atoms with Gasteiger partial charge in [-0.25, -0.2) is 4.52 Å². The third-order valence-corrected chi connectivity index (χ3v) is 8.68. The van der Waals surface area contributed by atoms with Crippen molar-refractivity contribution < 1.29 is 9.53 Å². The number of benzene rings is 2. The predicted molar refractivity (Wildman–Crippen MR) is 181 cm³/mol. The fourth-order valence-electron chi connectivity index (χ4n) is 6.00. The molecule has 0 spiro atoms. The van der Waals surface area contributed by atoms with Crippen molar-refractivity contribution in [3.05, 3.63) is 84.1 Å². The van der Waals surface area contributed by atoms with Gasteiger partial charge in [-0.2, -0.15) is 5.10 Å². The molecule has 0 unspecified atom stereocenters. The van der Waals surface area contributed by atoms with Gasteiger partial charge in [-0.1, -0.05) is 52.3 Å². The molecule has 234 valence electrons. The summed E-state index contributed by atoms with van der Waals surface area (Å²) in [6, 6.07) is 22.1. The van der Waals surface area contributed by atoms with E-state index in [4.69, 9.17) is 9.84 Å². The molecule has 0 N–H and O–H groups in total. The monoisotopic (exact) mass is 594 g/mol. The van der Waals surface area contributed by atoms with E-state index in [9.17, 15) is 4.79 Å². The molecule has 2 aromatic heterocycles. The van der Waals surface area contributed by atoms with Crippen LogP contribution < -0.4 is 4.74 Å². The van der Waals surface area contributed by atoms with Crippen LogP contribution in [0.1, 0.15) is 82.1 Å². The summed E-state index contributed by atoms with van der Waals surface area (Å²) < 4.78 is 8.01. The maximum atomic E-state index is 13.9. The summed E-state index contributed by atoms with van der Waals surface area (Å²) in [5, 5.41) is 5.06. The van der Waals surface area contributed by atoms with Gasteiger partial charge in [0.1, 0.15) is 11.5 Å². The molecule has 2 aromatic carbocycles. The predicted octanol–water partition coefficient (Wildman–Crippen LogP) is 8.75. The summed E-state index contributed by atoms with van der Waals surface area (Å²) in [6.45, 7) is 14.0. The smallest absolute Gasteiger partial charge is 0.253 e. The first kappa shape index (κ1) is 31.8. The Morgan fingerprint density at radius 3 is 2.18 bits per heavy atom. The Labute approximate surface area is 264 Å². The third kappa shape index (κ3) is 8.50. The van der Waals surface area contributed by atoms with Crippen LogP contribution in [0.5, 0.6) is 11.5 Å². The zero-order chi connectivity index (χ0) is 30.9. The Hall–Kier alpha value is -3.64. The summed E-state index contributed by atoms with van der Waals surface area (Å²) in [5.74, 6) is 2.85. The lowest BCUT2D eigenvalue weighted by Gasteiger charge is -2.26. The van der Waals surface area contributed by atoms with Crippen molar-refractivity contribution in [2.75, 3.05) is 32.7 Å². The van der Waals surface area contributed by atoms with E-state index in [1.165, 1.54) is 37.9 Å². The van der Waals surface area contributed by atoms with E-state index in [-0.39, 0.29) is 5.91 Å². The highest BCUT2D eigenvalue weighted by molar-refractivity contribution is 5.95. The van der Waals surface area contributed by atoms with Crippen molar-refractivity contribution in [1.82, 2.24) is 19.4 Å². The van der Waals surface area contributed by atoms with E-state index in [0.29, 0.717) is 11.8 Å². The van der Waals surface area contributed by atoms with Gasteiger partial charge in [-0.05, 0) is 119 Å². The minimum Gasteiger partial charge on any atom is -0.457 e. The van der Waals surface area contributed by atoms with Crippen molar-refractivity contribution in [3.63, 3.8) is 0 Å². The molecule has 1 amide bonds. The number of fused-ring (bicyclic) bond motifs is 1. The molecule has 0 aliphatic carbocycles. The number of nitrogens with zero attached hydrogens (tertiary/aromatic N) is 4. The SMILES string of the molecule is CC(C)CCN(CCC(C)C)C(=O)c1ccn2nc(-c3ccc(Oc4ccccc4)cc3)c(CCCN3CCCCC3)c2c1. The standard InChI is InChI=1S/C38H50N4O2/c1-29(2)19-25-41(26-20-30(3)4)38(43)32-21-27-42-36(28-32)35(14-11-24-40-22-9-6-10-23-40)37(39-42)31-15-17-34(18-16-31)44-33-12-7-5-8-13-33/h5,7-8,12-13,15-18,21,27-30H,6,9-11,14,19-20,22-26H2,1-4H3. The summed E-state index contributed by atoms with van der Waals surface area (Å²) >= 11 is 0. The molecule has 3 heterocycles. The number of piperidine rings is 1. The van der Waals surface area contributed by atoms with E-state index < -0.39 is 0 Å². The summed E-state index contributed by atoms with van der Waals surface area (Å²) in [5.41, 5.74) is 5.04. The number of amides is 1. The van der Waals surface area contributed by atoms with Gasteiger partial charge in [0.25, 0.3) is 5.91 Å². The molecule has 6 nitrogen and oxygen atoms in total. The first-order valence-electron chi connectivity index (χ1n) is 16.7. The molecule has 5 rings (SSSR count). The van der Waals surface area contributed by atoms with Gasteiger partial charge in [-0.15, -0.1) is 0 Å². The molecule has 1 aliphatic rings. The Balaban J connectivity index is 1.43. The number of carbonyl (C=O) groups excluding carboxylic acids is 1. The highest BCUT2D eigenvalue weighted by Gasteiger charge is 2.21. The lowest BCUT2D eigenvalue weighted by Crippen LogP contribution is -2.34. The zero-order valence-electron chi connectivity index (χ0n) is 27.2. The molecule has 0 saturated carbocycles. The van der Waals surface area contributed by atoms with Crippen molar-refractivity contribution in [2.24, 2.45) is 11.8 Å². The molecule has 6 heteroatoms. The van der Waals surface area contributed by atoms with E-state index in [1.54, 1.807) is 0 Å². The van der Waals surface area contributed by atoms with E-state index in [1.807, 2.05) is 59.2 Å². The topological polar surface area (TPSA) is 50.1 Å². The van der Waals surface area contributed by atoms with Gasteiger partial charge < -0.3 is 14.5 Å². The lowest BCUT2D eigenvalue weighted by molar-refractivity contribution is 0.0741. The normalized spacial score (nSPS) is 14.0. The average molecular weight is 595 g/mol. The first-order chi connectivity index (χ1) is 21.4. The second-order valence-corrected chi connectivity index (χ2v) is 13.2. The van der Waals surface area contributed by atoms with Crippen molar-refractivity contribution in [3.8, 4) is 22.8 Å². The van der Waals surface area contributed by atoms with Crippen molar-refractivity contribution >= 4 is 11.4 Å². The molecular weight excluding hydrogens is 544 g/mol. The van der Waals surface area contributed by atoms with Gasteiger partial charge in [-0.3, -0.25) is 4.79 Å². The van der Waals surface area contributed by atoms with Gasteiger partial charge in [0.15, 0.2) is 0 Å². The summed E-state index contributed by atoms with van der Waals surface area (Å²) in [6.07, 6.45) is 9.92. The highest BCUT2D eigenvalue weighted by Crippen LogP contribution is 2.31. The third-order valence-electron chi connectivity index (χ3n) is 8.68. The molecular formula is C38H50N4O2. The second kappa shape index (κ2) is 15.4. The molecule has 1 fully saturated rings. The fraction of sp³-hybridized carbons (Fsp3) is 0.474. The number of aryl methyl sites for hydroxylation is 1. The number of rotatable bonds is 14. The molecule has 1 saturated heterocycles. The minimum atomic E-state index is 0.123. The van der Waals surface area contributed by atoms with Crippen molar-refractivity contribution in [2.45, 2.75) is 72.6 Å². The van der Waals surface area contributed by atoms with Gasteiger partial charge in [0.05, 0.1) is 11.2 Å². The van der Waals surface area contributed by atoms with Crippen LogP contribution in [0.4, 0.5) is 0 Å². The Bertz CT molecular complexity index is 1460. The van der Waals surface area contributed by atoms with Gasteiger partial charge >= 0.3 is 0 Å². The van der Waals surface area contributed by atoms with Crippen LogP contribution in [0, 0.1) is 11.8 Å². The number of carbonyl (C=O) groups is 1. The van der Waals surface area contributed by atoms with Crippen LogP contribution in [-0.4, -0.2) is 58.0 Å². The largest absolute Gasteiger partial charge is 0.457 e. The van der Waals surface area contributed by atoms with Crippen LogP contribution in [0.25, 0.3) is 16.8 Å². The van der Waals surface area contributed by atoms with Crippen LogP contribution in [0.3, 0.4) is 0 Å². The Kier molecular flexibility index (Phi) is 11.1. The van der Waals surface area contributed by atoms with E-state index in [0.717, 1.165) is 79.2 Å². The van der Waals surface area contributed by atoms with Crippen molar-refractivity contribution in [1.29, 1.82) is 0 Å². The molecule has 0 radical (unpaired) electrons. The highest BCUT2D eigenvalue weighted by atomic mass is 16.5. The molecule has 4 aromatic rings. The quantitative estimate of drug-likeness (QED) is 0.146. The number of hydrogen-bond acceptors (Lipinski definition) is 4. The second-order valence-electron chi connectivity index (χ2n) is 13.2. The van der Waals surface area contributed by atoms with Crippen LogP contribution >= 0.6 is 0 Å². The molecule has 1 aliphatic heterocycles. The Morgan fingerprint density at radius 1 is 0.864 bits per heavy atom. The fourth-order valence-corrected chi connectivity index (χ4v) is 6.00. The average Bonchev–Trinajstić information content (AvgIpc) is 3.39. The van der Waals surface area contributed by atoms with E-state index >= 15 is 0 Å². The molecule has 0 bridgehead atoms. The van der Waals surface area contributed by atoms with Crippen LogP contribution in [0.2, 0.25) is 0 Å². The Morgan fingerprint density at radius 2 is 1.52 bits per heavy atom. The zero-order valence-corrected chi connectivity index (χ0v) is 27.2. The summed E-state index contributed by atoms with van der Waals surface area (Å²) in [4.78, 5) is 18.5. The van der Waals surface area contributed by atoms with Gasteiger partial charge in [0.2, 0.25) is 0 Å². The molecule has 0 atom stereocenters. The number of para-hydroxylation sites is 1. The maximum Gasteiger partial charge on any atom is 0.253 e. The summed E-state index contributed by atoms with van der Waals surface area (Å²) in [7, 11) is 0. The van der Waals surface area contributed by atoms with E-state index in [2.05, 4.69) is 55.7 Å². The number of hydrogen-bond donors (Lipinski definition) is 0. The lowest BCUT2D eigenvalue weighted by atomic mass is 10.0. The minimum absolute atomic E-state index is 0.123. The first-order valence-corrected chi connectivity index (χ1v) is 16.7. The van der Waals surface area contributed by atoms with Gasteiger partial charge in [0, 0.05) is 36.0 Å². The molecule has 44 heavy (non-hydrogen) atoms. The van der Waals surface area contributed by atoms with Crippen LogP contribution in [-0.2, 0) is 6.42 Å². The number of aromatic nitrogens is 2. The number of ether oxygens (including phenoxy) is 1.